The van der Waals surface area contributed by atoms with Crippen LogP contribution in [0.25, 0.3) is 0 Å². The van der Waals surface area contributed by atoms with Crippen molar-refractivity contribution in [1.29, 1.82) is 0 Å². The Labute approximate surface area is 237 Å². The van der Waals surface area contributed by atoms with E-state index in [1.165, 1.54) is 6.07 Å². The second-order valence-electron chi connectivity index (χ2n) is 11.4. The van der Waals surface area contributed by atoms with Crippen LogP contribution in [0.1, 0.15) is 68.3 Å². The molecule has 0 amide bonds. The maximum absolute atomic E-state index is 13.9. The molecule has 0 spiro atoms. The molecule has 3 saturated heterocycles. The molecule has 6 rings (SSSR count). The minimum absolute atomic E-state index is 0. The Morgan fingerprint density at radius 2 is 1.62 bits per heavy atom. The highest BCUT2D eigenvalue weighted by Gasteiger charge is 2.51. The van der Waals surface area contributed by atoms with Crippen LogP contribution in [0.15, 0.2) is 42.5 Å². The summed E-state index contributed by atoms with van der Waals surface area (Å²) in [6.45, 7) is 2.54. The number of rotatable bonds is 7. The van der Waals surface area contributed by atoms with Crippen LogP contribution in [-0.4, -0.2) is 58.7 Å². The lowest BCUT2D eigenvalue weighted by Gasteiger charge is -2.52. The predicted molar refractivity (Wildman–Crippen MR) is 134 cm³/mol. The summed E-state index contributed by atoms with van der Waals surface area (Å²) in [6, 6.07) is 12.1. The Morgan fingerprint density at radius 1 is 0.949 bits per heavy atom. The Hall–Kier alpha value is -2.33. The molecule has 3 aliphatic heterocycles. The van der Waals surface area contributed by atoms with Gasteiger partial charge in [0.2, 0.25) is 0 Å². The van der Waals surface area contributed by atoms with Gasteiger partial charge in [0.25, 0.3) is 0 Å². The van der Waals surface area contributed by atoms with E-state index >= 15 is 0 Å². The van der Waals surface area contributed by atoms with Crippen molar-refractivity contribution >= 4 is 11.8 Å². The van der Waals surface area contributed by atoms with Crippen molar-refractivity contribution in [3.8, 4) is 0 Å². The van der Waals surface area contributed by atoms with Gasteiger partial charge in [0.15, 0.2) is 17.6 Å². The summed E-state index contributed by atoms with van der Waals surface area (Å²) in [7, 11) is 0. The molecule has 1 aliphatic carbocycles. The van der Waals surface area contributed by atoms with Crippen molar-refractivity contribution < 1.29 is 49.0 Å². The standard InChI is InChI=1S/C29H35F3N3O3.BrH/c30-29(31,32)26-11-10-23(33-34-26)18-24(36)19-35-16-12-21(13-17-35)25(20-35)38-27(37)28(14-6-1-2-7-15-28)22-8-4-3-5-9-22;/h3-5,8-11,21,25H,1-2,6-7,12-20H2;1H/q+1;/p-1/t21?,25-,35?;/m0./s1. The molecule has 0 unspecified atom stereocenters. The molecule has 1 atom stereocenters. The summed E-state index contributed by atoms with van der Waals surface area (Å²) >= 11 is 0. The number of carbonyl (C=O) groups excluding carboxylic acids is 2. The minimum Gasteiger partial charge on any atom is -1.00 e. The van der Waals surface area contributed by atoms with Crippen LogP contribution in [0.2, 0.25) is 0 Å². The van der Waals surface area contributed by atoms with Gasteiger partial charge in [0, 0.05) is 18.8 Å². The Kier molecular flexibility index (Phi) is 9.15. The van der Waals surface area contributed by atoms with Gasteiger partial charge in [-0.05, 0) is 30.5 Å². The summed E-state index contributed by atoms with van der Waals surface area (Å²) in [6.07, 6.45) is 2.77. The first-order valence-electron chi connectivity index (χ1n) is 13.7. The summed E-state index contributed by atoms with van der Waals surface area (Å²) in [5, 5.41) is 6.85. The number of esters is 1. The van der Waals surface area contributed by atoms with Crippen molar-refractivity contribution in [2.45, 2.75) is 75.5 Å². The molecule has 1 aromatic heterocycles. The summed E-state index contributed by atoms with van der Waals surface area (Å²) < 4.78 is 45.2. The van der Waals surface area contributed by atoms with E-state index in [0.717, 1.165) is 76.1 Å². The lowest BCUT2D eigenvalue weighted by atomic mass is 9.74. The molecule has 1 saturated carbocycles. The third-order valence-corrected chi connectivity index (χ3v) is 8.87. The van der Waals surface area contributed by atoms with Crippen LogP contribution >= 0.6 is 0 Å². The van der Waals surface area contributed by atoms with E-state index in [1.54, 1.807) is 0 Å². The van der Waals surface area contributed by atoms with Gasteiger partial charge < -0.3 is 26.2 Å². The molecule has 4 aliphatic rings. The van der Waals surface area contributed by atoms with Gasteiger partial charge in [0.05, 0.1) is 30.6 Å². The first kappa shape index (κ1) is 29.6. The number of halogens is 4. The van der Waals surface area contributed by atoms with E-state index in [1.807, 2.05) is 30.3 Å². The molecular weight excluding hydrogens is 575 g/mol. The predicted octanol–water partition coefficient (Wildman–Crippen LogP) is 2.06. The molecule has 4 heterocycles. The summed E-state index contributed by atoms with van der Waals surface area (Å²) in [4.78, 5) is 26.9. The van der Waals surface area contributed by atoms with E-state index in [2.05, 4.69) is 10.2 Å². The second-order valence-corrected chi connectivity index (χ2v) is 11.4. The van der Waals surface area contributed by atoms with Gasteiger partial charge >= 0.3 is 12.1 Å². The smallest absolute Gasteiger partial charge is 0.435 e. The monoisotopic (exact) mass is 609 g/mol. The fourth-order valence-corrected chi connectivity index (χ4v) is 6.76. The average Bonchev–Trinajstić information content (AvgIpc) is 3.17. The van der Waals surface area contributed by atoms with E-state index < -0.39 is 17.3 Å². The van der Waals surface area contributed by atoms with Gasteiger partial charge in [-0.3, -0.25) is 9.59 Å². The fourth-order valence-electron chi connectivity index (χ4n) is 6.76. The van der Waals surface area contributed by atoms with Gasteiger partial charge in [0.1, 0.15) is 13.1 Å². The second kappa shape index (κ2) is 12.0. The highest BCUT2D eigenvalue weighted by Crippen LogP contribution is 2.42. The number of ether oxygens (including phenoxy) is 1. The molecule has 2 aromatic rings. The number of aromatic nitrogens is 2. The van der Waals surface area contributed by atoms with E-state index in [9.17, 15) is 22.8 Å². The number of nitrogens with zero attached hydrogens (tertiary/aromatic N) is 3. The maximum Gasteiger partial charge on any atom is 0.435 e. The van der Waals surface area contributed by atoms with Crippen LogP contribution in [0.3, 0.4) is 0 Å². The van der Waals surface area contributed by atoms with Gasteiger partial charge in [-0.25, -0.2) is 0 Å². The molecule has 1 aromatic carbocycles. The molecule has 0 N–H and O–H groups in total. The van der Waals surface area contributed by atoms with Gasteiger partial charge in [-0.15, -0.1) is 5.10 Å². The Morgan fingerprint density at radius 3 is 2.21 bits per heavy atom. The number of alkyl halides is 3. The van der Waals surface area contributed by atoms with E-state index in [-0.39, 0.29) is 53.5 Å². The zero-order valence-corrected chi connectivity index (χ0v) is 23.6. The maximum atomic E-state index is 13.9. The van der Waals surface area contributed by atoms with Crippen LogP contribution in [-0.2, 0) is 32.3 Å². The Bertz CT molecular complexity index is 1130. The first-order valence-corrected chi connectivity index (χ1v) is 13.7. The third kappa shape index (κ3) is 6.53. The van der Waals surface area contributed by atoms with Crippen molar-refractivity contribution in [1.82, 2.24) is 10.2 Å². The summed E-state index contributed by atoms with van der Waals surface area (Å²) in [5.41, 5.74) is -0.425. The van der Waals surface area contributed by atoms with Crippen molar-refractivity contribution in [3.05, 3.63) is 59.4 Å². The molecule has 10 heteroatoms. The van der Waals surface area contributed by atoms with Crippen molar-refractivity contribution in [2.75, 3.05) is 26.2 Å². The third-order valence-electron chi connectivity index (χ3n) is 8.87. The molecular formula is C29H35BrF3N3O3. The van der Waals surface area contributed by atoms with Crippen molar-refractivity contribution in [2.24, 2.45) is 5.92 Å². The first-order chi connectivity index (χ1) is 18.2. The number of quaternary nitrogens is 1. The number of benzene rings is 1. The molecule has 4 fully saturated rings. The molecule has 39 heavy (non-hydrogen) atoms. The lowest BCUT2D eigenvalue weighted by Crippen LogP contribution is -3.00. The molecule has 0 radical (unpaired) electrons. The molecule has 212 valence electrons. The van der Waals surface area contributed by atoms with Crippen molar-refractivity contribution in [3.63, 3.8) is 0 Å². The Balaban J connectivity index is 0.00000353. The topological polar surface area (TPSA) is 69.2 Å². The zero-order chi connectivity index (χ0) is 26.8. The fraction of sp³-hybridized carbons (Fsp3) is 0.586. The minimum atomic E-state index is -4.56. The number of hydrogen-bond donors (Lipinski definition) is 0. The van der Waals surface area contributed by atoms with Gasteiger partial charge in [-0.1, -0.05) is 56.0 Å². The van der Waals surface area contributed by atoms with E-state index in [4.69, 9.17) is 4.74 Å². The number of hydrogen-bond acceptors (Lipinski definition) is 5. The number of carbonyl (C=O) groups is 2. The van der Waals surface area contributed by atoms with Crippen LogP contribution in [0.4, 0.5) is 13.2 Å². The highest BCUT2D eigenvalue weighted by molar-refractivity contribution is 5.83. The normalized spacial score (nSPS) is 26.2. The van der Waals surface area contributed by atoms with Crippen LogP contribution in [0.5, 0.6) is 0 Å². The largest absolute Gasteiger partial charge is 1.00 e. The van der Waals surface area contributed by atoms with Crippen LogP contribution in [0, 0.1) is 5.92 Å². The van der Waals surface area contributed by atoms with E-state index in [0.29, 0.717) is 16.9 Å². The lowest BCUT2D eigenvalue weighted by molar-refractivity contribution is -0.939. The molecule has 2 bridgehead atoms. The van der Waals surface area contributed by atoms with Gasteiger partial charge in [-0.2, -0.15) is 18.3 Å². The number of ketones is 1. The molecule has 6 nitrogen and oxygen atoms in total. The quantitative estimate of drug-likeness (QED) is 0.273. The average molecular weight is 611 g/mol. The van der Waals surface area contributed by atoms with Crippen LogP contribution < -0.4 is 17.0 Å². The SMILES string of the molecule is O=C(Cc1ccc(C(F)(F)F)nn1)C[N+]12CCC(CC1)[C@@H](OC(=O)C1(c3ccccc3)CCCCCC1)C2.[Br-]. The number of Topliss-reactive ketones (excluding diaryl/α,β-unsaturated/α-hetero) is 1. The number of fused-ring (bicyclic) bond motifs is 3. The zero-order valence-electron chi connectivity index (χ0n) is 22.0. The number of piperidine rings is 3. The summed E-state index contributed by atoms with van der Waals surface area (Å²) in [5.74, 6) is 0.0799. The highest BCUT2D eigenvalue weighted by atomic mass is 79.9.